The van der Waals surface area contributed by atoms with Gasteiger partial charge in [0.1, 0.15) is 5.82 Å². The van der Waals surface area contributed by atoms with Crippen molar-refractivity contribution in [3.63, 3.8) is 0 Å². The molecule has 1 fully saturated rings. The van der Waals surface area contributed by atoms with E-state index in [0.717, 1.165) is 11.4 Å². The summed E-state index contributed by atoms with van der Waals surface area (Å²) in [4.78, 5) is 36.1. The van der Waals surface area contributed by atoms with E-state index in [0.29, 0.717) is 55.4 Å². The normalized spacial score (nSPS) is 14.0. The molecular weight excluding hydrogens is 400 g/mol. The quantitative estimate of drug-likeness (QED) is 0.455. The highest BCUT2D eigenvalue weighted by Gasteiger charge is 2.24. The van der Waals surface area contributed by atoms with E-state index in [1.54, 1.807) is 30.2 Å². The van der Waals surface area contributed by atoms with Gasteiger partial charge in [-0.25, -0.2) is 4.98 Å². The summed E-state index contributed by atoms with van der Waals surface area (Å²) in [7, 11) is 0. The standard InChI is InChI=1S/C21H22N6O4/c1-3-19-23-20(24-31-19)16-6-7-18(22-13-16)25-8-10-26(11-9-25)21(28)15-5-4-14(2)17(12-15)27(29)30/h4-7,12-13H,3,8-11H2,1-2H3. The molecule has 10 nitrogen and oxygen atoms in total. The molecule has 0 radical (unpaired) electrons. The fourth-order valence-corrected chi connectivity index (χ4v) is 3.48. The smallest absolute Gasteiger partial charge is 0.273 e. The summed E-state index contributed by atoms with van der Waals surface area (Å²) in [5.41, 5.74) is 1.61. The van der Waals surface area contributed by atoms with Crippen LogP contribution in [0.4, 0.5) is 11.5 Å². The molecule has 3 heterocycles. The van der Waals surface area contributed by atoms with Crippen LogP contribution in [0.3, 0.4) is 0 Å². The Morgan fingerprint density at radius 2 is 1.97 bits per heavy atom. The zero-order valence-electron chi connectivity index (χ0n) is 17.3. The van der Waals surface area contributed by atoms with Gasteiger partial charge < -0.3 is 14.3 Å². The third-order valence-electron chi connectivity index (χ3n) is 5.32. The predicted molar refractivity (Wildman–Crippen MR) is 113 cm³/mol. The third-order valence-corrected chi connectivity index (χ3v) is 5.32. The van der Waals surface area contributed by atoms with Gasteiger partial charge in [-0.3, -0.25) is 14.9 Å². The highest BCUT2D eigenvalue weighted by Crippen LogP contribution is 2.22. The minimum Gasteiger partial charge on any atom is -0.353 e. The van der Waals surface area contributed by atoms with Crippen molar-refractivity contribution in [2.24, 2.45) is 0 Å². The molecule has 2 aromatic heterocycles. The fourth-order valence-electron chi connectivity index (χ4n) is 3.48. The van der Waals surface area contributed by atoms with Gasteiger partial charge in [-0.05, 0) is 25.1 Å². The van der Waals surface area contributed by atoms with Crippen LogP contribution in [-0.2, 0) is 6.42 Å². The minimum absolute atomic E-state index is 0.0403. The Hall–Kier alpha value is -3.82. The van der Waals surface area contributed by atoms with Crippen LogP contribution < -0.4 is 4.90 Å². The highest BCUT2D eigenvalue weighted by atomic mass is 16.6. The van der Waals surface area contributed by atoms with Gasteiger partial charge in [-0.2, -0.15) is 4.98 Å². The Morgan fingerprint density at radius 3 is 2.58 bits per heavy atom. The number of rotatable bonds is 5. The Labute approximate surface area is 178 Å². The third kappa shape index (κ3) is 4.23. The van der Waals surface area contributed by atoms with Crippen molar-refractivity contribution in [1.29, 1.82) is 0 Å². The van der Waals surface area contributed by atoms with E-state index >= 15 is 0 Å². The van der Waals surface area contributed by atoms with Gasteiger partial charge in [0.15, 0.2) is 0 Å². The van der Waals surface area contributed by atoms with Crippen LogP contribution in [-0.4, -0.2) is 57.0 Å². The highest BCUT2D eigenvalue weighted by molar-refractivity contribution is 5.95. The number of benzene rings is 1. The van der Waals surface area contributed by atoms with Crippen molar-refractivity contribution >= 4 is 17.4 Å². The van der Waals surface area contributed by atoms with E-state index < -0.39 is 4.92 Å². The molecule has 0 N–H and O–H groups in total. The summed E-state index contributed by atoms with van der Waals surface area (Å²) < 4.78 is 5.14. The van der Waals surface area contributed by atoms with Crippen LogP contribution in [0.1, 0.15) is 28.7 Å². The number of aryl methyl sites for hydroxylation is 2. The molecule has 0 atom stereocenters. The van der Waals surface area contributed by atoms with Crippen LogP contribution in [0.5, 0.6) is 0 Å². The van der Waals surface area contributed by atoms with E-state index in [9.17, 15) is 14.9 Å². The minimum atomic E-state index is -0.461. The van der Waals surface area contributed by atoms with Crippen LogP contribution >= 0.6 is 0 Å². The molecule has 0 bridgehead atoms. The van der Waals surface area contributed by atoms with Crippen LogP contribution in [0.2, 0.25) is 0 Å². The topological polar surface area (TPSA) is 118 Å². The summed E-state index contributed by atoms with van der Waals surface area (Å²) in [6.07, 6.45) is 2.39. The summed E-state index contributed by atoms with van der Waals surface area (Å²) >= 11 is 0. The van der Waals surface area contributed by atoms with E-state index in [1.807, 2.05) is 19.1 Å². The molecular formula is C21H22N6O4. The summed E-state index contributed by atoms with van der Waals surface area (Å²) in [6.45, 7) is 5.86. The zero-order valence-corrected chi connectivity index (χ0v) is 17.3. The number of pyridine rings is 1. The van der Waals surface area contributed by atoms with Crippen LogP contribution in [0, 0.1) is 17.0 Å². The molecule has 10 heteroatoms. The Morgan fingerprint density at radius 1 is 1.19 bits per heavy atom. The first-order chi connectivity index (χ1) is 15.0. The molecule has 0 spiro atoms. The number of piperazine rings is 1. The van der Waals surface area contributed by atoms with Crippen molar-refractivity contribution in [3.8, 4) is 11.4 Å². The maximum Gasteiger partial charge on any atom is 0.273 e. The molecule has 1 aromatic carbocycles. The first-order valence-electron chi connectivity index (χ1n) is 10.0. The second kappa shape index (κ2) is 8.50. The van der Waals surface area contributed by atoms with Gasteiger partial charge in [0.2, 0.25) is 11.7 Å². The second-order valence-electron chi connectivity index (χ2n) is 7.31. The largest absolute Gasteiger partial charge is 0.353 e. The maximum atomic E-state index is 12.8. The molecule has 1 amide bonds. The van der Waals surface area contributed by atoms with Gasteiger partial charge in [0, 0.05) is 61.6 Å². The Kier molecular flexibility index (Phi) is 5.61. The van der Waals surface area contributed by atoms with E-state index in [2.05, 4.69) is 20.0 Å². The number of nitro benzene ring substituents is 1. The molecule has 4 rings (SSSR count). The number of nitro groups is 1. The van der Waals surface area contributed by atoms with E-state index in [-0.39, 0.29) is 11.6 Å². The predicted octanol–water partition coefficient (Wildman–Crippen LogP) is 2.87. The van der Waals surface area contributed by atoms with Crippen molar-refractivity contribution in [2.45, 2.75) is 20.3 Å². The molecule has 0 saturated carbocycles. The van der Waals surface area contributed by atoms with Crippen molar-refractivity contribution in [2.75, 3.05) is 31.1 Å². The Balaban J connectivity index is 1.40. The number of amides is 1. The number of hydrogen-bond donors (Lipinski definition) is 0. The van der Waals surface area contributed by atoms with Gasteiger partial charge in [0.05, 0.1) is 4.92 Å². The average molecular weight is 422 g/mol. The lowest BCUT2D eigenvalue weighted by molar-refractivity contribution is -0.385. The van der Waals surface area contributed by atoms with Gasteiger partial charge in [-0.15, -0.1) is 0 Å². The number of nitrogens with zero attached hydrogens (tertiary/aromatic N) is 6. The lowest BCUT2D eigenvalue weighted by atomic mass is 10.1. The monoisotopic (exact) mass is 422 g/mol. The number of carbonyl (C=O) groups is 1. The van der Waals surface area contributed by atoms with Crippen LogP contribution in [0.25, 0.3) is 11.4 Å². The van der Waals surface area contributed by atoms with E-state index in [4.69, 9.17) is 4.52 Å². The first kappa shape index (κ1) is 20.5. The summed E-state index contributed by atoms with van der Waals surface area (Å²) in [5.74, 6) is 1.70. The summed E-state index contributed by atoms with van der Waals surface area (Å²) in [5, 5.41) is 15.1. The van der Waals surface area contributed by atoms with Gasteiger partial charge in [-0.1, -0.05) is 18.1 Å². The van der Waals surface area contributed by atoms with Crippen molar-refractivity contribution < 1.29 is 14.2 Å². The average Bonchev–Trinajstić information content (AvgIpc) is 3.28. The first-order valence-corrected chi connectivity index (χ1v) is 10.0. The lowest BCUT2D eigenvalue weighted by Gasteiger charge is -2.35. The maximum absolute atomic E-state index is 12.8. The molecule has 0 aliphatic carbocycles. The van der Waals surface area contributed by atoms with Crippen LogP contribution in [0.15, 0.2) is 41.1 Å². The fraction of sp³-hybridized carbons (Fsp3) is 0.333. The number of aromatic nitrogens is 3. The molecule has 3 aromatic rings. The molecule has 160 valence electrons. The number of hydrogen-bond acceptors (Lipinski definition) is 8. The molecule has 1 aliphatic heterocycles. The molecule has 31 heavy (non-hydrogen) atoms. The lowest BCUT2D eigenvalue weighted by Crippen LogP contribution is -2.49. The molecule has 1 aliphatic rings. The summed E-state index contributed by atoms with van der Waals surface area (Å²) in [6, 6.07) is 8.40. The molecule has 1 saturated heterocycles. The van der Waals surface area contributed by atoms with Gasteiger partial charge in [0.25, 0.3) is 11.6 Å². The SMILES string of the molecule is CCc1nc(-c2ccc(N3CCN(C(=O)c4ccc(C)c([N+](=O)[O-])c4)CC3)nc2)no1. The van der Waals surface area contributed by atoms with Gasteiger partial charge >= 0.3 is 0 Å². The molecule has 0 unspecified atom stereocenters. The van der Waals surface area contributed by atoms with Crippen molar-refractivity contribution in [3.05, 3.63) is 63.7 Å². The van der Waals surface area contributed by atoms with Crippen molar-refractivity contribution in [1.82, 2.24) is 20.0 Å². The number of anilines is 1. The second-order valence-corrected chi connectivity index (χ2v) is 7.31. The number of carbonyl (C=O) groups excluding carboxylic acids is 1. The Bertz CT molecular complexity index is 1100. The zero-order chi connectivity index (χ0) is 22.0. The van der Waals surface area contributed by atoms with E-state index in [1.165, 1.54) is 6.07 Å².